The molecule has 58 valence electrons. The molecule has 2 rings (SSSR count). The van der Waals surface area contributed by atoms with Crippen LogP contribution in [-0.4, -0.2) is 23.9 Å². The molecule has 0 aromatic rings. The van der Waals surface area contributed by atoms with Crippen LogP contribution in [0.1, 0.15) is 20.3 Å². The van der Waals surface area contributed by atoms with Gasteiger partial charge in [-0.3, -0.25) is 0 Å². The van der Waals surface area contributed by atoms with Gasteiger partial charge in [0.05, 0.1) is 12.2 Å². The molecule has 0 amide bonds. The van der Waals surface area contributed by atoms with Crippen LogP contribution in [0.15, 0.2) is 0 Å². The largest absolute Gasteiger partial charge is 0.392 e. The number of aliphatic hydroxyl groups excluding tert-OH is 1. The van der Waals surface area contributed by atoms with E-state index in [4.69, 9.17) is 4.74 Å². The van der Waals surface area contributed by atoms with Crippen LogP contribution >= 0.6 is 0 Å². The zero-order valence-corrected chi connectivity index (χ0v) is 6.50. The van der Waals surface area contributed by atoms with Crippen molar-refractivity contribution in [3.63, 3.8) is 0 Å². The third-order valence-corrected chi connectivity index (χ3v) is 3.04. The van der Waals surface area contributed by atoms with Crippen molar-refractivity contribution in [1.29, 1.82) is 0 Å². The number of rotatable bonds is 0. The summed E-state index contributed by atoms with van der Waals surface area (Å²) in [6, 6.07) is 0. The minimum absolute atomic E-state index is 0.0150. The predicted molar refractivity (Wildman–Crippen MR) is 37.6 cm³/mol. The van der Waals surface area contributed by atoms with Gasteiger partial charge in [-0.1, -0.05) is 13.8 Å². The maximum absolute atomic E-state index is 9.57. The Morgan fingerprint density at radius 1 is 1.50 bits per heavy atom. The fraction of sp³-hybridized carbons (Fsp3) is 1.00. The summed E-state index contributed by atoms with van der Waals surface area (Å²) < 4.78 is 5.48. The summed E-state index contributed by atoms with van der Waals surface area (Å²) in [4.78, 5) is 0. The average molecular weight is 142 g/mol. The second-order valence-corrected chi connectivity index (χ2v) is 4.01. The minimum Gasteiger partial charge on any atom is -0.392 e. The van der Waals surface area contributed by atoms with Gasteiger partial charge in [0.15, 0.2) is 0 Å². The molecule has 0 aromatic carbocycles. The quantitative estimate of drug-likeness (QED) is 0.542. The molecule has 0 spiro atoms. The van der Waals surface area contributed by atoms with Gasteiger partial charge >= 0.3 is 0 Å². The molecule has 2 fully saturated rings. The lowest BCUT2D eigenvalue weighted by atomic mass is 9.59. The van der Waals surface area contributed by atoms with Crippen molar-refractivity contribution in [2.75, 3.05) is 6.61 Å². The van der Waals surface area contributed by atoms with Gasteiger partial charge in [-0.15, -0.1) is 0 Å². The summed E-state index contributed by atoms with van der Waals surface area (Å²) in [6.45, 7) is 4.99. The first-order valence-corrected chi connectivity index (χ1v) is 3.93. The monoisotopic (exact) mass is 142 g/mol. The zero-order chi connectivity index (χ0) is 7.35. The molecule has 1 aliphatic heterocycles. The van der Waals surface area contributed by atoms with Gasteiger partial charge in [-0.2, -0.15) is 0 Å². The summed E-state index contributed by atoms with van der Waals surface area (Å²) in [5.41, 5.74) is 0.0150. The summed E-state index contributed by atoms with van der Waals surface area (Å²) in [7, 11) is 0. The molecule has 1 saturated heterocycles. The van der Waals surface area contributed by atoms with Crippen LogP contribution in [0.5, 0.6) is 0 Å². The van der Waals surface area contributed by atoms with Crippen molar-refractivity contribution in [3.05, 3.63) is 0 Å². The number of aliphatic hydroxyl groups is 1. The van der Waals surface area contributed by atoms with Gasteiger partial charge < -0.3 is 9.84 Å². The molecule has 3 atom stereocenters. The highest BCUT2D eigenvalue weighted by molar-refractivity contribution is 5.07. The van der Waals surface area contributed by atoms with Crippen LogP contribution in [0.3, 0.4) is 0 Å². The van der Waals surface area contributed by atoms with Crippen molar-refractivity contribution in [3.8, 4) is 0 Å². The molecule has 2 nitrogen and oxygen atoms in total. The van der Waals surface area contributed by atoms with Gasteiger partial charge in [0.1, 0.15) is 0 Å². The number of hydrogen-bond donors (Lipinski definition) is 1. The van der Waals surface area contributed by atoms with Crippen molar-refractivity contribution in [2.45, 2.75) is 32.5 Å². The fourth-order valence-electron chi connectivity index (χ4n) is 2.30. The normalized spacial score (nSPS) is 50.1. The van der Waals surface area contributed by atoms with Crippen molar-refractivity contribution < 1.29 is 9.84 Å². The highest BCUT2D eigenvalue weighted by Crippen LogP contribution is 2.51. The van der Waals surface area contributed by atoms with Crippen molar-refractivity contribution >= 4 is 0 Å². The molecular weight excluding hydrogens is 128 g/mol. The van der Waals surface area contributed by atoms with Crippen LogP contribution in [0.25, 0.3) is 0 Å². The highest BCUT2D eigenvalue weighted by atomic mass is 16.5. The first-order chi connectivity index (χ1) is 4.64. The summed E-state index contributed by atoms with van der Waals surface area (Å²) in [5, 5.41) is 9.57. The SMILES string of the molecule is CC1(C)[C@H](O)[C@@H]2CCO[C@@H]21. The fourth-order valence-corrected chi connectivity index (χ4v) is 2.30. The van der Waals surface area contributed by atoms with Crippen LogP contribution in [0.2, 0.25) is 0 Å². The molecule has 0 aromatic heterocycles. The molecule has 1 N–H and O–H groups in total. The minimum atomic E-state index is -0.125. The van der Waals surface area contributed by atoms with E-state index < -0.39 is 0 Å². The van der Waals surface area contributed by atoms with E-state index in [-0.39, 0.29) is 11.5 Å². The maximum Gasteiger partial charge on any atom is 0.0704 e. The second kappa shape index (κ2) is 1.74. The van der Waals surface area contributed by atoms with Gasteiger partial charge in [0.2, 0.25) is 0 Å². The molecule has 0 bridgehead atoms. The van der Waals surface area contributed by atoms with Crippen molar-refractivity contribution in [2.24, 2.45) is 11.3 Å². The van der Waals surface area contributed by atoms with E-state index in [1.807, 2.05) is 0 Å². The van der Waals surface area contributed by atoms with E-state index in [1.165, 1.54) is 0 Å². The first kappa shape index (κ1) is 6.62. The Balaban J connectivity index is 2.15. The van der Waals surface area contributed by atoms with Crippen LogP contribution < -0.4 is 0 Å². The Morgan fingerprint density at radius 3 is 2.80 bits per heavy atom. The first-order valence-electron chi connectivity index (χ1n) is 3.93. The lowest BCUT2D eigenvalue weighted by molar-refractivity contribution is -0.181. The predicted octanol–water partition coefficient (Wildman–Crippen LogP) is 0.792. The lowest BCUT2D eigenvalue weighted by Crippen LogP contribution is -2.59. The Morgan fingerprint density at radius 2 is 2.20 bits per heavy atom. The summed E-state index contributed by atoms with van der Waals surface area (Å²) in [5.74, 6) is 0.440. The van der Waals surface area contributed by atoms with Crippen LogP contribution in [0.4, 0.5) is 0 Å². The zero-order valence-electron chi connectivity index (χ0n) is 6.50. The van der Waals surface area contributed by atoms with E-state index >= 15 is 0 Å². The Labute approximate surface area is 61.2 Å². The van der Waals surface area contributed by atoms with Gasteiger partial charge in [-0.05, 0) is 6.42 Å². The maximum atomic E-state index is 9.57. The van der Waals surface area contributed by atoms with E-state index in [0.29, 0.717) is 12.0 Å². The van der Waals surface area contributed by atoms with Crippen LogP contribution in [-0.2, 0) is 4.74 Å². The van der Waals surface area contributed by atoms with E-state index in [2.05, 4.69) is 13.8 Å². The number of ether oxygens (including phenoxy) is 1. The Kier molecular flexibility index (Phi) is 1.15. The molecule has 1 saturated carbocycles. The second-order valence-electron chi connectivity index (χ2n) is 4.01. The smallest absolute Gasteiger partial charge is 0.0704 e. The van der Waals surface area contributed by atoms with E-state index in [0.717, 1.165) is 13.0 Å². The molecular formula is C8H14O2. The lowest BCUT2D eigenvalue weighted by Gasteiger charge is -2.51. The van der Waals surface area contributed by atoms with Crippen LogP contribution in [0, 0.1) is 11.3 Å². The number of hydrogen-bond acceptors (Lipinski definition) is 2. The molecule has 0 unspecified atom stereocenters. The third kappa shape index (κ3) is 0.565. The van der Waals surface area contributed by atoms with Gasteiger partial charge in [0.25, 0.3) is 0 Å². The molecule has 1 heterocycles. The number of fused-ring (bicyclic) bond motifs is 1. The molecule has 10 heavy (non-hydrogen) atoms. The summed E-state index contributed by atoms with van der Waals surface area (Å²) >= 11 is 0. The molecule has 2 aliphatic rings. The molecule has 0 radical (unpaired) electrons. The summed E-state index contributed by atoms with van der Waals surface area (Å²) in [6.07, 6.45) is 1.26. The van der Waals surface area contributed by atoms with E-state index in [1.54, 1.807) is 0 Å². The van der Waals surface area contributed by atoms with E-state index in [9.17, 15) is 5.11 Å². The molecule has 2 heteroatoms. The Bertz CT molecular complexity index is 153. The van der Waals surface area contributed by atoms with Gasteiger partial charge in [0, 0.05) is 17.9 Å². The third-order valence-electron chi connectivity index (χ3n) is 3.04. The van der Waals surface area contributed by atoms with Gasteiger partial charge in [-0.25, -0.2) is 0 Å². The Hall–Kier alpha value is -0.0800. The standard InChI is InChI=1S/C8H14O2/c1-8(2)6(9)5-3-4-10-7(5)8/h5-7,9H,3-4H2,1-2H3/t5-,6+,7-/m0/s1. The average Bonchev–Trinajstić information content (AvgIpc) is 2.31. The highest BCUT2D eigenvalue weighted by Gasteiger charge is 2.58. The topological polar surface area (TPSA) is 29.5 Å². The molecule has 1 aliphatic carbocycles. The van der Waals surface area contributed by atoms with Crippen molar-refractivity contribution in [1.82, 2.24) is 0 Å².